The van der Waals surface area contributed by atoms with Crippen LogP contribution >= 0.6 is 0 Å². The second-order valence-electron chi connectivity index (χ2n) is 6.08. The van der Waals surface area contributed by atoms with Gasteiger partial charge in [-0.15, -0.1) is 0 Å². The molecular weight excluding hydrogens is 368 g/mol. The van der Waals surface area contributed by atoms with E-state index in [0.29, 0.717) is 36.9 Å². The van der Waals surface area contributed by atoms with Crippen LogP contribution < -0.4 is 24.8 Å². The lowest BCUT2D eigenvalue weighted by Crippen LogP contribution is -2.32. The van der Waals surface area contributed by atoms with Crippen molar-refractivity contribution >= 4 is 11.7 Å². The van der Waals surface area contributed by atoms with Crippen LogP contribution in [-0.2, 0) is 0 Å². The second-order valence-corrected chi connectivity index (χ2v) is 6.08. The third-order valence-electron chi connectivity index (χ3n) is 3.86. The van der Waals surface area contributed by atoms with Crippen LogP contribution in [0.25, 0.3) is 0 Å². The predicted octanol–water partition coefficient (Wildman–Crippen LogP) is 5.08. The molecule has 0 aliphatic rings. The molecule has 0 fully saturated rings. The van der Waals surface area contributed by atoms with Gasteiger partial charge in [-0.05, 0) is 55.5 Å². The number of carbonyl (C=O) groups excluding carboxylic acids is 1. The number of carbonyl (C=O) groups is 1. The first kappa shape index (κ1) is 20.1. The first-order chi connectivity index (χ1) is 14.2. The average molecular weight is 392 g/mol. The molecule has 0 saturated carbocycles. The van der Waals surface area contributed by atoms with Gasteiger partial charge < -0.3 is 24.8 Å². The van der Waals surface area contributed by atoms with Crippen LogP contribution in [0, 0.1) is 0 Å². The summed E-state index contributed by atoms with van der Waals surface area (Å²) < 4.78 is 16.8. The van der Waals surface area contributed by atoms with Gasteiger partial charge >= 0.3 is 6.03 Å². The number of nitrogens with one attached hydrogen (secondary N) is 2. The molecule has 150 valence electrons. The molecule has 0 radical (unpaired) electrons. The number of para-hydroxylation sites is 1. The minimum atomic E-state index is -0.298. The SMILES string of the molecule is CCOc1cccc(OCCNC(=O)Nc2ccc(Oc3ccccc3)cc2)c1. The predicted molar refractivity (Wildman–Crippen MR) is 113 cm³/mol. The highest BCUT2D eigenvalue weighted by Gasteiger charge is 2.03. The zero-order valence-electron chi connectivity index (χ0n) is 16.3. The summed E-state index contributed by atoms with van der Waals surface area (Å²) in [4.78, 5) is 12.0. The standard InChI is InChI=1S/C23H24N2O4/c1-2-27-21-9-6-10-22(17-21)28-16-15-24-23(26)25-18-11-13-20(14-12-18)29-19-7-4-3-5-8-19/h3-14,17H,2,15-16H2,1H3,(H2,24,25,26). The van der Waals surface area contributed by atoms with Crippen LogP contribution in [0.2, 0.25) is 0 Å². The van der Waals surface area contributed by atoms with Gasteiger partial charge in [-0.25, -0.2) is 4.79 Å². The fraction of sp³-hybridized carbons (Fsp3) is 0.174. The van der Waals surface area contributed by atoms with Crippen LogP contribution in [0.4, 0.5) is 10.5 Å². The summed E-state index contributed by atoms with van der Waals surface area (Å²) in [6.07, 6.45) is 0. The molecule has 0 aliphatic heterocycles. The average Bonchev–Trinajstić information content (AvgIpc) is 2.74. The molecule has 2 amide bonds. The van der Waals surface area contributed by atoms with Crippen molar-refractivity contribution in [2.45, 2.75) is 6.92 Å². The topological polar surface area (TPSA) is 68.8 Å². The van der Waals surface area contributed by atoms with Crippen LogP contribution in [0.15, 0.2) is 78.9 Å². The number of ether oxygens (including phenoxy) is 3. The number of anilines is 1. The molecule has 6 nitrogen and oxygen atoms in total. The number of rotatable bonds is 9. The van der Waals surface area contributed by atoms with Crippen LogP contribution in [0.5, 0.6) is 23.0 Å². The molecule has 3 rings (SSSR count). The minimum absolute atomic E-state index is 0.298. The summed E-state index contributed by atoms with van der Waals surface area (Å²) in [5.41, 5.74) is 0.674. The van der Waals surface area contributed by atoms with Crippen molar-refractivity contribution in [2.24, 2.45) is 0 Å². The van der Waals surface area contributed by atoms with E-state index >= 15 is 0 Å². The number of hydrogen-bond acceptors (Lipinski definition) is 4. The maximum absolute atomic E-state index is 12.0. The molecular formula is C23H24N2O4. The second kappa shape index (κ2) is 10.6. The maximum Gasteiger partial charge on any atom is 0.319 e. The van der Waals surface area contributed by atoms with E-state index in [2.05, 4.69) is 10.6 Å². The van der Waals surface area contributed by atoms with Crippen molar-refractivity contribution in [1.82, 2.24) is 5.32 Å². The zero-order chi connectivity index (χ0) is 20.3. The Morgan fingerprint density at radius 1 is 0.793 bits per heavy atom. The molecule has 0 atom stereocenters. The van der Waals surface area contributed by atoms with Gasteiger partial charge in [0.05, 0.1) is 13.2 Å². The molecule has 2 N–H and O–H groups in total. The third-order valence-corrected chi connectivity index (χ3v) is 3.86. The molecule has 0 heterocycles. The molecule has 0 unspecified atom stereocenters. The molecule has 29 heavy (non-hydrogen) atoms. The van der Waals surface area contributed by atoms with Gasteiger partial charge in [-0.3, -0.25) is 0 Å². The summed E-state index contributed by atoms with van der Waals surface area (Å²) in [6.45, 7) is 3.26. The van der Waals surface area contributed by atoms with Gasteiger partial charge in [-0.2, -0.15) is 0 Å². The summed E-state index contributed by atoms with van der Waals surface area (Å²) in [6, 6.07) is 23.8. The van der Waals surface area contributed by atoms with Crippen molar-refractivity contribution in [1.29, 1.82) is 0 Å². The van der Waals surface area contributed by atoms with E-state index < -0.39 is 0 Å². The van der Waals surface area contributed by atoms with E-state index in [4.69, 9.17) is 14.2 Å². The lowest BCUT2D eigenvalue weighted by atomic mass is 10.3. The molecule has 0 spiro atoms. The van der Waals surface area contributed by atoms with Crippen molar-refractivity contribution in [3.8, 4) is 23.0 Å². The molecule has 6 heteroatoms. The summed E-state index contributed by atoms with van der Waals surface area (Å²) in [5, 5.41) is 5.53. The van der Waals surface area contributed by atoms with E-state index in [-0.39, 0.29) is 6.03 Å². The van der Waals surface area contributed by atoms with Gasteiger partial charge in [0.2, 0.25) is 0 Å². The maximum atomic E-state index is 12.0. The van der Waals surface area contributed by atoms with E-state index in [1.165, 1.54) is 0 Å². The van der Waals surface area contributed by atoms with Crippen molar-refractivity contribution in [3.63, 3.8) is 0 Å². The lowest BCUT2D eigenvalue weighted by Gasteiger charge is -2.11. The zero-order valence-corrected chi connectivity index (χ0v) is 16.3. The van der Waals surface area contributed by atoms with Gasteiger partial charge in [0, 0.05) is 11.8 Å². The number of urea groups is 1. The lowest BCUT2D eigenvalue weighted by molar-refractivity contribution is 0.247. The van der Waals surface area contributed by atoms with E-state index in [0.717, 1.165) is 11.5 Å². The fourth-order valence-electron chi connectivity index (χ4n) is 2.56. The Kier molecular flexibility index (Phi) is 7.34. The van der Waals surface area contributed by atoms with Gasteiger partial charge in [0.25, 0.3) is 0 Å². The third kappa shape index (κ3) is 6.77. The van der Waals surface area contributed by atoms with Crippen LogP contribution in [0.3, 0.4) is 0 Å². The van der Waals surface area contributed by atoms with Crippen molar-refractivity contribution in [2.75, 3.05) is 25.1 Å². The first-order valence-electron chi connectivity index (χ1n) is 9.46. The van der Waals surface area contributed by atoms with Crippen molar-refractivity contribution < 1.29 is 19.0 Å². The fourth-order valence-corrected chi connectivity index (χ4v) is 2.56. The Labute approximate surface area is 170 Å². The minimum Gasteiger partial charge on any atom is -0.494 e. The molecule has 0 aliphatic carbocycles. The Balaban J connectivity index is 1.38. The first-order valence-corrected chi connectivity index (χ1v) is 9.46. The van der Waals surface area contributed by atoms with Gasteiger partial charge in [-0.1, -0.05) is 24.3 Å². The largest absolute Gasteiger partial charge is 0.494 e. The number of hydrogen-bond donors (Lipinski definition) is 2. The highest BCUT2D eigenvalue weighted by atomic mass is 16.5. The normalized spacial score (nSPS) is 10.1. The van der Waals surface area contributed by atoms with Crippen LogP contribution in [-0.4, -0.2) is 25.8 Å². The quantitative estimate of drug-likeness (QED) is 0.499. The van der Waals surface area contributed by atoms with Crippen LogP contribution in [0.1, 0.15) is 6.92 Å². The van der Waals surface area contributed by atoms with Crippen molar-refractivity contribution in [3.05, 3.63) is 78.9 Å². The smallest absolute Gasteiger partial charge is 0.319 e. The monoisotopic (exact) mass is 392 g/mol. The Hall–Kier alpha value is -3.67. The Bertz CT molecular complexity index is 898. The molecule has 0 bridgehead atoms. The van der Waals surface area contributed by atoms with E-state index in [9.17, 15) is 4.79 Å². The van der Waals surface area contributed by atoms with E-state index in [1.54, 1.807) is 24.3 Å². The van der Waals surface area contributed by atoms with Gasteiger partial charge in [0.15, 0.2) is 0 Å². The molecule has 3 aromatic rings. The Morgan fingerprint density at radius 2 is 1.45 bits per heavy atom. The number of amides is 2. The Morgan fingerprint density at radius 3 is 2.17 bits per heavy atom. The highest BCUT2D eigenvalue weighted by Crippen LogP contribution is 2.22. The summed E-state index contributed by atoms with van der Waals surface area (Å²) in [7, 11) is 0. The molecule has 0 saturated heterocycles. The number of benzene rings is 3. The van der Waals surface area contributed by atoms with E-state index in [1.807, 2.05) is 61.5 Å². The molecule has 3 aromatic carbocycles. The molecule has 0 aromatic heterocycles. The summed E-state index contributed by atoms with van der Waals surface area (Å²) in [5.74, 6) is 2.92. The highest BCUT2D eigenvalue weighted by molar-refractivity contribution is 5.89. The van der Waals surface area contributed by atoms with Gasteiger partial charge in [0.1, 0.15) is 29.6 Å². The summed E-state index contributed by atoms with van der Waals surface area (Å²) >= 11 is 0.